The summed E-state index contributed by atoms with van der Waals surface area (Å²) in [6, 6.07) is 9.09. The monoisotopic (exact) mass is 254 g/mol. The summed E-state index contributed by atoms with van der Waals surface area (Å²) in [6.07, 6.45) is 2.74. The van der Waals surface area contributed by atoms with Crippen LogP contribution in [0.25, 0.3) is 0 Å². The van der Waals surface area contributed by atoms with Gasteiger partial charge in [0.05, 0.1) is 0 Å². The van der Waals surface area contributed by atoms with Crippen molar-refractivity contribution < 1.29 is 0 Å². The Morgan fingerprint density at radius 3 is 2.59 bits per heavy atom. The van der Waals surface area contributed by atoms with E-state index in [2.05, 4.69) is 30.9 Å². The predicted molar refractivity (Wildman–Crippen MR) is 76.4 cm³/mol. The molecule has 0 atom stereocenters. The Balaban J connectivity index is 0.00000144. The lowest BCUT2D eigenvalue weighted by Crippen LogP contribution is -2.29. The molecule has 2 rings (SSSR count). The van der Waals surface area contributed by atoms with Crippen molar-refractivity contribution in [3.63, 3.8) is 0 Å². The van der Waals surface area contributed by atoms with Crippen molar-refractivity contribution in [1.29, 1.82) is 0 Å². The molecule has 0 bridgehead atoms. The van der Waals surface area contributed by atoms with E-state index < -0.39 is 0 Å². The van der Waals surface area contributed by atoms with Crippen LogP contribution in [0.4, 0.5) is 5.69 Å². The molecule has 0 heterocycles. The molecule has 1 fully saturated rings. The van der Waals surface area contributed by atoms with Crippen LogP contribution in [0.2, 0.25) is 0 Å². The summed E-state index contributed by atoms with van der Waals surface area (Å²) in [6.45, 7) is 6.82. The Morgan fingerprint density at radius 2 is 2.06 bits per heavy atom. The second-order valence-electron chi connectivity index (χ2n) is 5.30. The molecule has 17 heavy (non-hydrogen) atoms. The van der Waals surface area contributed by atoms with Gasteiger partial charge in [0.15, 0.2) is 0 Å². The van der Waals surface area contributed by atoms with E-state index in [0.717, 1.165) is 24.2 Å². The van der Waals surface area contributed by atoms with Crippen LogP contribution in [-0.4, -0.2) is 17.5 Å². The second-order valence-corrected chi connectivity index (χ2v) is 5.30. The summed E-state index contributed by atoms with van der Waals surface area (Å²) in [5, 5.41) is 0. The van der Waals surface area contributed by atoms with Gasteiger partial charge in [-0.3, -0.25) is 4.90 Å². The predicted octanol–water partition coefficient (Wildman–Crippen LogP) is 3.31. The van der Waals surface area contributed by atoms with E-state index in [9.17, 15) is 0 Å². The van der Waals surface area contributed by atoms with Gasteiger partial charge in [0.25, 0.3) is 0 Å². The van der Waals surface area contributed by atoms with Crippen LogP contribution in [0.1, 0.15) is 32.3 Å². The molecule has 0 spiro atoms. The molecule has 0 amide bonds. The normalized spacial score (nSPS) is 15.1. The Labute approximate surface area is 111 Å². The van der Waals surface area contributed by atoms with Gasteiger partial charge in [-0.25, -0.2) is 0 Å². The lowest BCUT2D eigenvalue weighted by Gasteiger charge is -2.24. The average Bonchev–Trinajstić information content (AvgIpc) is 2.99. The van der Waals surface area contributed by atoms with Crippen LogP contribution >= 0.6 is 12.4 Å². The number of nitrogen functional groups attached to an aromatic ring is 1. The quantitative estimate of drug-likeness (QED) is 0.817. The van der Waals surface area contributed by atoms with Gasteiger partial charge in [0.2, 0.25) is 0 Å². The highest BCUT2D eigenvalue weighted by Gasteiger charge is 2.29. The van der Waals surface area contributed by atoms with Crippen LogP contribution in [0.3, 0.4) is 0 Å². The molecule has 2 N–H and O–H groups in total. The van der Waals surface area contributed by atoms with Crippen molar-refractivity contribution in [3.8, 4) is 0 Å². The van der Waals surface area contributed by atoms with Crippen LogP contribution in [0.5, 0.6) is 0 Å². The second kappa shape index (κ2) is 6.27. The lowest BCUT2D eigenvalue weighted by molar-refractivity contribution is 0.226. The van der Waals surface area contributed by atoms with E-state index in [4.69, 9.17) is 5.73 Å². The number of nitrogens with zero attached hydrogens (tertiary/aromatic N) is 1. The van der Waals surface area contributed by atoms with Crippen molar-refractivity contribution >= 4 is 18.1 Å². The topological polar surface area (TPSA) is 29.3 Å². The van der Waals surface area contributed by atoms with Crippen molar-refractivity contribution in [3.05, 3.63) is 29.8 Å². The molecule has 0 unspecified atom stereocenters. The third kappa shape index (κ3) is 4.57. The number of hydrogen-bond donors (Lipinski definition) is 1. The fraction of sp³-hybridized carbons (Fsp3) is 0.571. The van der Waals surface area contributed by atoms with Gasteiger partial charge in [-0.2, -0.15) is 0 Å². The van der Waals surface area contributed by atoms with Crippen molar-refractivity contribution in [1.82, 2.24) is 4.90 Å². The minimum absolute atomic E-state index is 0. The molecule has 1 aromatic carbocycles. The fourth-order valence-electron chi connectivity index (χ4n) is 2.18. The molecule has 1 aromatic rings. The maximum atomic E-state index is 5.81. The molecular weight excluding hydrogens is 232 g/mol. The zero-order valence-corrected chi connectivity index (χ0v) is 11.5. The van der Waals surface area contributed by atoms with Gasteiger partial charge < -0.3 is 5.73 Å². The van der Waals surface area contributed by atoms with Gasteiger partial charge >= 0.3 is 0 Å². The number of nitrogens with two attached hydrogens (primary N) is 1. The molecular formula is C14H23ClN2. The van der Waals surface area contributed by atoms with Crippen LogP contribution in [0, 0.1) is 5.92 Å². The molecule has 96 valence electrons. The highest BCUT2D eigenvalue weighted by molar-refractivity contribution is 5.85. The van der Waals surface area contributed by atoms with Gasteiger partial charge in [-0.1, -0.05) is 26.0 Å². The first-order chi connectivity index (χ1) is 7.65. The Morgan fingerprint density at radius 1 is 1.35 bits per heavy atom. The summed E-state index contributed by atoms with van der Waals surface area (Å²) >= 11 is 0. The maximum absolute atomic E-state index is 5.81. The molecule has 1 aliphatic rings. The van der Waals surface area contributed by atoms with Crippen LogP contribution in [0.15, 0.2) is 24.3 Å². The van der Waals surface area contributed by atoms with Crippen molar-refractivity contribution in [2.45, 2.75) is 39.3 Å². The zero-order valence-electron chi connectivity index (χ0n) is 10.7. The summed E-state index contributed by atoms with van der Waals surface area (Å²) in [7, 11) is 0. The molecule has 3 heteroatoms. The molecule has 0 aromatic heterocycles. The summed E-state index contributed by atoms with van der Waals surface area (Å²) in [4.78, 5) is 2.60. The third-order valence-corrected chi connectivity index (χ3v) is 3.00. The molecule has 2 nitrogen and oxygen atoms in total. The van der Waals surface area contributed by atoms with E-state index in [-0.39, 0.29) is 12.4 Å². The molecule has 1 saturated carbocycles. The summed E-state index contributed by atoms with van der Waals surface area (Å²) in [5.41, 5.74) is 8.02. The molecule has 0 saturated heterocycles. The molecule has 0 radical (unpaired) electrons. The van der Waals surface area contributed by atoms with Gasteiger partial charge in [0, 0.05) is 24.8 Å². The van der Waals surface area contributed by atoms with Crippen LogP contribution < -0.4 is 5.73 Å². The first kappa shape index (κ1) is 14.3. The average molecular weight is 255 g/mol. The van der Waals surface area contributed by atoms with E-state index >= 15 is 0 Å². The Hall–Kier alpha value is -0.730. The highest BCUT2D eigenvalue weighted by atomic mass is 35.5. The van der Waals surface area contributed by atoms with E-state index in [0.29, 0.717) is 0 Å². The van der Waals surface area contributed by atoms with Gasteiger partial charge in [-0.05, 0) is 36.5 Å². The number of hydrogen-bond acceptors (Lipinski definition) is 2. The number of benzene rings is 1. The Bertz CT molecular complexity index is 348. The molecule has 1 aliphatic carbocycles. The van der Waals surface area contributed by atoms with Gasteiger partial charge in [-0.15, -0.1) is 12.4 Å². The zero-order chi connectivity index (χ0) is 11.5. The minimum Gasteiger partial charge on any atom is -0.399 e. The number of halogens is 1. The number of anilines is 1. The van der Waals surface area contributed by atoms with E-state index in [1.807, 2.05) is 12.1 Å². The maximum Gasteiger partial charge on any atom is 0.0317 e. The summed E-state index contributed by atoms with van der Waals surface area (Å²) < 4.78 is 0. The third-order valence-electron chi connectivity index (χ3n) is 3.00. The lowest BCUT2D eigenvalue weighted by atomic mass is 10.1. The largest absolute Gasteiger partial charge is 0.399 e. The van der Waals surface area contributed by atoms with E-state index in [1.54, 1.807) is 0 Å². The standard InChI is InChI=1S/C14H22N2.ClH/c1-11(2)9-16(14-6-7-14)10-12-4-3-5-13(15)8-12;/h3-5,8,11,14H,6-7,9-10,15H2,1-2H3;1H. The summed E-state index contributed by atoms with van der Waals surface area (Å²) in [5.74, 6) is 0.738. The van der Waals surface area contributed by atoms with Crippen molar-refractivity contribution in [2.24, 2.45) is 5.92 Å². The van der Waals surface area contributed by atoms with Crippen molar-refractivity contribution in [2.75, 3.05) is 12.3 Å². The van der Waals surface area contributed by atoms with Gasteiger partial charge in [0.1, 0.15) is 0 Å². The Kier molecular flexibility index (Phi) is 5.29. The fourth-order valence-corrected chi connectivity index (χ4v) is 2.18. The minimum atomic E-state index is 0. The SMILES string of the molecule is CC(C)CN(Cc1cccc(N)c1)C1CC1.Cl. The number of rotatable bonds is 5. The van der Waals surface area contributed by atoms with E-state index in [1.165, 1.54) is 24.9 Å². The smallest absolute Gasteiger partial charge is 0.0317 e. The first-order valence-corrected chi connectivity index (χ1v) is 6.23. The first-order valence-electron chi connectivity index (χ1n) is 6.23. The highest BCUT2D eigenvalue weighted by Crippen LogP contribution is 2.29. The molecule has 0 aliphatic heterocycles. The van der Waals surface area contributed by atoms with Crippen LogP contribution in [-0.2, 0) is 6.54 Å².